The second-order valence-electron chi connectivity index (χ2n) is 9.15. The van der Waals surface area contributed by atoms with E-state index in [4.69, 9.17) is 4.74 Å². The van der Waals surface area contributed by atoms with Gasteiger partial charge in [0, 0.05) is 17.5 Å². The van der Waals surface area contributed by atoms with Crippen molar-refractivity contribution in [3.8, 4) is 0 Å². The number of likely N-dealkylation sites (N-methyl/N-ethyl adjacent to an activating group) is 1. The van der Waals surface area contributed by atoms with Crippen LogP contribution in [-0.4, -0.2) is 58.5 Å². The van der Waals surface area contributed by atoms with Crippen LogP contribution >= 0.6 is 0 Å². The highest BCUT2D eigenvalue weighted by Gasteiger charge is 2.53. The number of benzene rings is 3. The third-order valence-electron chi connectivity index (χ3n) is 6.52. The summed E-state index contributed by atoms with van der Waals surface area (Å²) >= 11 is 0. The lowest BCUT2D eigenvalue weighted by atomic mass is 9.89. The molecular formula is C27H32N2O4S. The van der Waals surface area contributed by atoms with Crippen LogP contribution in [-0.2, 0) is 20.0 Å². The highest BCUT2D eigenvalue weighted by molar-refractivity contribution is 7.91. The number of rotatable bonds is 10. The second kappa shape index (κ2) is 9.86. The number of sulfone groups is 1. The zero-order valence-electron chi connectivity index (χ0n) is 20.0. The first-order chi connectivity index (χ1) is 16.3. The second-order valence-corrected chi connectivity index (χ2v) is 11.4. The van der Waals surface area contributed by atoms with Crippen LogP contribution in [0.15, 0.2) is 71.6 Å². The summed E-state index contributed by atoms with van der Waals surface area (Å²) < 4.78 is 31.9. The van der Waals surface area contributed by atoms with E-state index < -0.39 is 21.5 Å². The Labute approximate surface area is 201 Å². The lowest BCUT2D eigenvalue weighted by Crippen LogP contribution is -2.46. The van der Waals surface area contributed by atoms with Gasteiger partial charge in [0.25, 0.3) is 5.91 Å². The van der Waals surface area contributed by atoms with Crippen molar-refractivity contribution < 1.29 is 17.9 Å². The van der Waals surface area contributed by atoms with Crippen molar-refractivity contribution in [3.63, 3.8) is 0 Å². The summed E-state index contributed by atoms with van der Waals surface area (Å²) in [6.07, 6.45) is 1.02. The molecule has 1 unspecified atom stereocenters. The van der Waals surface area contributed by atoms with Crippen molar-refractivity contribution in [2.24, 2.45) is 0 Å². The normalized spacial score (nSPS) is 15.9. The first-order valence-corrected chi connectivity index (χ1v) is 13.3. The molecule has 0 aromatic heterocycles. The maximum atomic E-state index is 13.1. The van der Waals surface area contributed by atoms with Gasteiger partial charge in [-0.05, 0) is 67.5 Å². The third kappa shape index (κ3) is 5.02. The van der Waals surface area contributed by atoms with Gasteiger partial charge in [-0.2, -0.15) is 0 Å². The molecule has 1 N–H and O–H groups in total. The number of nitrogens with one attached hydrogen (secondary N) is 1. The van der Waals surface area contributed by atoms with Crippen molar-refractivity contribution in [2.75, 3.05) is 33.0 Å². The van der Waals surface area contributed by atoms with Gasteiger partial charge in [-0.3, -0.25) is 4.79 Å². The maximum absolute atomic E-state index is 13.1. The summed E-state index contributed by atoms with van der Waals surface area (Å²) in [5, 5.41) is 4.98. The van der Waals surface area contributed by atoms with E-state index in [2.05, 4.69) is 5.32 Å². The van der Waals surface area contributed by atoms with Crippen LogP contribution in [0.5, 0.6) is 0 Å². The molecule has 0 radical (unpaired) electrons. The SMILES string of the molecule is CCS(=O)(=O)c1cc(C2(C(NC(=O)c3ccccc3)OCCN(C)C)CC2)c2ccccc2c1. The molecule has 1 amide bonds. The molecule has 0 saturated heterocycles. The van der Waals surface area contributed by atoms with Crippen molar-refractivity contribution in [1.29, 1.82) is 0 Å². The Morgan fingerprint density at radius 2 is 1.74 bits per heavy atom. The van der Waals surface area contributed by atoms with Gasteiger partial charge < -0.3 is 15.0 Å². The molecule has 7 heteroatoms. The van der Waals surface area contributed by atoms with Crippen molar-refractivity contribution >= 4 is 26.5 Å². The van der Waals surface area contributed by atoms with Crippen molar-refractivity contribution in [2.45, 2.75) is 36.3 Å². The third-order valence-corrected chi connectivity index (χ3v) is 8.24. The zero-order valence-corrected chi connectivity index (χ0v) is 20.8. The molecule has 6 nitrogen and oxygen atoms in total. The summed E-state index contributed by atoms with van der Waals surface area (Å²) in [6, 6.07) is 20.4. The standard InChI is InChI=1S/C27H32N2O4S/c1-4-34(31,32)22-18-21-12-8-9-13-23(21)24(19-22)27(14-15-27)26(33-17-16-29(2)3)28-25(30)20-10-6-5-7-11-20/h5-13,18-19,26H,4,14-17H2,1-3H3,(H,28,30). The Morgan fingerprint density at radius 1 is 1.06 bits per heavy atom. The van der Waals surface area contributed by atoms with Gasteiger partial charge in [0.1, 0.15) is 6.23 Å². The molecule has 0 heterocycles. The summed E-state index contributed by atoms with van der Waals surface area (Å²) in [7, 11) is 0.546. The largest absolute Gasteiger partial charge is 0.356 e. The molecule has 3 aromatic carbocycles. The summed E-state index contributed by atoms with van der Waals surface area (Å²) in [6.45, 7) is 2.81. The molecule has 0 spiro atoms. The molecule has 1 aliphatic rings. The predicted molar refractivity (Wildman–Crippen MR) is 135 cm³/mol. The smallest absolute Gasteiger partial charge is 0.253 e. The Bertz CT molecular complexity index is 1270. The first kappa shape index (κ1) is 24.4. The van der Waals surface area contributed by atoms with E-state index in [-0.39, 0.29) is 11.7 Å². The van der Waals surface area contributed by atoms with E-state index in [0.717, 1.165) is 29.2 Å². The number of fused-ring (bicyclic) bond motifs is 1. The fraction of sp³-hybridized carbons (Fsp3) is 0.370. The number of carbonyl (C=O) groups is 1. The molecule has 1 fully saturated rings. The van der Waals surface area contributed by atoms with Crippen LogP contribution < -0.4 is 5.32 Å². The Balaban J connectivity index is 1.77. The molecule has 1 aliphatic carbocycles. The van der Waals surface area contributed by atoms with Gasteiger partial charge in [0.15, 0.2) is 9.84 Å². The quantitative estimate of drug-likeness (QED) is 0.444. The fourth-order valence-corrected chi connectivity index (χ4v) is 5.27. The molecule has 0 bridgehead atoms. The number of ether oxygens (including phenoxy) is 1. The van der Waals surface area contributed by atoms with Crippen LogP contribution in [0.3, 0.4) is 0 Å². The van der Waals surface area contributed by atoms with Crippen LogP contribution in [0.4, 0.5) is 0 Å². The fourth-order valence-electron chi connectivity index (χ4n) is 4.33. The lowest BCUT2D eigenvalue weighted by Gasteiger charge is -2.30. The first-order valence-electron chi connectivity index (χ1n) is 11.6. The summed E-state index contributed by atoms with van der Waals surface area (Å²) in [5.41, 5.74) is 0.989. The van der Waals surface area contributed by atoms with Crippen molar-refractivity contribution in [3.05, 3.63) is 77.9 Å². The van der Waals surface area contributed by atoms with E-state index in [0.29, 0.717) is 23.6 Å². The number of amides is 1. The molecular weight excluding hydrogens is 448 g/mol. The average Bonchev–Trinajstić information content (AvgIpc) is 3.65. The minimum absolute atomic E-state index is 0.0330. The van der Waals surface area contributed by atoms with Gasteiger partial charge >= 0.3 is 0 Å². The van der Waals surface area contributed by atoms with Crippen LogP contribution in [0.25, 0.3) is 10.8 Å². The summed E-state index contributed by atoms with van der Waals surface area (Å²) in [4.78, 5) is 15.4. The number of hydrogen-bond donors (Lipinski definition) is 1. The van der Waals surface area contributed by atoms with Gasteiger partial charge in [-0.25, -0.2) is 8.42 Å². The topological polar surface area (TPSA) is 75.7 Å². The molecule has 1 atom stereocenters. The number of hydrogen-bond acceptors (Lipinski definition) is 5. The highest BCUT2D eigenvalue weighted by atomic mass is 32.2. The van der Waals surface area contributed by atoms with Gasteiger partial charge in [-0.1, -0.05) is 49.4 Å². The molecule has 4 rings (SSSR count). The van der Waals surface area contributed by atoms with Crippen molar-refractivity contribution in [1.82, 2.24) is 10.2 Å². The number of carbonyl (C=O) groups excluding carboxylic acids is 1. The van der Waals surface area contributed by atoms with Crippen LogP contribution in [0.1, 0.15) is 35.7 Å². The number of nitrogens with zero attached hydrogens (tertiary/aromatic N) is 1. The molecule has 0 aliphatic heterocycles. The van der Waals surface area contributed by atoms with Crippen LogP contribution in [0, 0.1) is 0 Å². The Hall–Kier alpha value is -2.74. The van der Waals surface area contributed by atoms with E-state index in [1.807, 2.05) is 61.5 Å². The van der Waals surface area contributed by atoms with E-state index in [1.165, 1.54) is 0 Å². The minimum atomic E-state index is -3.40. The zero-order chi connectivity index (χ0) is 24.3. The van der Waals surface area contributed by atoms with Crippen LogP contribution in [0.2, 0.25) is 0 Å². The van der Waals surface area contributed by atoms with E-state index in [9.17, 15) is 13.2 Å². The van der Waals surface area contributed by atoms with Gasteiger partial charge in [-0.15, -0.1) is 0 Å². The average molecular weight is 481 g/mol. The predicted octanol–water partition coefficient (Wildman–Crippen LogP) is 4.00. The Kier molecular flexibility index (Phi) is 7.07. The Morgan fingerprint density at radius 3 is 2.38 bits per heavy atom. The van der Waals surface area contributed by atoms with Gasteiger partial charge in [0.05, 0.1) is 17.3 Å². The maximum Gasteiger partial charge on any atom is 0.253 e. The molecule has 34 heavy (non-hydrogen) atoms. The lowest BCUT2D eigenvalue weighted by molar-refractivity contribution is -0.000611. The summed E-state index contributed by atoms with van der Waals surface area (Å²) in [5.74, 6) is -0.172. The molecule has 3 aromatic rings. The molecule has 1 saturated carbocycles. The van der Waals surface area contributed by atoms with E-state index in [1.54, 1.807) is 31.2 Å². The van der Waals surface area contributed by atoms with E-state index >= 15 is 0 Å². The van der Waals surface area contributed by atoms with Gasteiger partial charge in [0.2, 0.25) is 0 Å². The minimum Gasteiger partial charge on any atom is -0.356 e. The molecule has 180 valence electrons. The monoisotopic (exact) mass is 480 g/mol. The highest BCUT2D eigenvalue weighted by Crippen LogP contribution is 2.53.